The number of aryl methyl sites for hydroxylation is 2. The molecule has 0 atom stereocenters. The summed E-state index contributed by atoms with van der Waals surface area (Å²) >= 11 is 1.51. The van der Waals surface area contributed by atoms with Crippen LogP contribution in [0, 0.1) is 6.92 Å². The van der Waals surface area contributed by atoms with Crippen LogP contribution in [-0.2, 0) is 6.54 Å². The molecular formula is C19H20N2O3S. The molecule has 0 saturated carbocycles. The molecule has 0 bridgehead atoms. The number of amides is 1. The zero-order valence-corrected chi connectivity index (χ0v) is 15.5. The van der Waals surface area contributed by atoms with E-state index in [0.717, 1.165) is 16.8 Å². The Balaban J connectivity index is 2.15. The second-order valence-corrected chi connectivity index (χ2v) is 6.59. The molecule has 0 aliphatic heterocycles. The Kier molecular flexibility index (Phi) is 4.90. The third kappa shape index (κ3) is 3.30. The number of methoxy groups -OCH3 is 2. The van der Waals surface area contributed by atoms with Crippen molar-refractivity contribution in [3.63, 3.8) is 0 Å². The van der Waals surface area contributed by atoms with E-state index in [9.17, 15) is 4.79 Å². The van der Waals surface area contributed by atoms with Crippen LogP contribution in [-0.4, -0.2) is 24.7 Å². The molecular weight excluding hydrogens is 336 g/mol. The molecule has 1 aromatic heterocycles. The number of benzene rings is 2. The zero-order chi connectivity index (χ0) is 18.0. The normalized spacial score (nSPS) is 11.8. The highest BCUT2D eigenvalue weighted by molar-refractivity contribution is 7.16. The molecule has 3 aromatic rings. The Morgan fingerprint density at radius 3 is 2.64 bits per heavy atom. The Bertz CT molecular complexity index is 1000. The third-order valence-corrected chi connectivity index (χ3v) is 5.03. The van der Waals surface area contributed by atoms with Gasteiger partial charge in [-0.15, -0.1) is 0 Å². The monoisotopic (exact) mass is 356 g/mol. The van der Waals surface area contributed by atoms with Crippen molar-refractivity contribution in [1.82, 2.24) is 4.57 Å². The fourth-order valence-corrected chi connectivity index (χ4v) is 3.89. The highest BCUT2D eigenvalue weighted by atomic mass is 32.1. The Hall–Kier alpha value is -2.60. The predicted octanol–water partition coefficient (Wildman–Crippen LogP) is 3.79. The topological polar surface area (TPSA) is 52.8 Å². The summed E-state index contributed by atoms with van der Waals surface area (Å²) in [6.45, 7) is 4.84. The Labute approximate surface area is 150 Å². The molecule has 0 N–H and O–H groups in total. The first-order valence-electron chi connectivity index (χ1n) is 7.98. The van der Waals surface area contributed by atoms with Crippen LogP contribution < -0.4 is 14.3 Å². The smallest absolute Gasteiger partial charge is 0.283 e. The molecule has 0 aliphatic carbocycles. The summed E-state index contributed by atoms with van der Waals surface area (Å²) in [6, 6.07) is 11.4. The minimum Gasteiger partial charge on any atom is -0.497 e. The van der Waals surface area contributed by atoms with Gasteiger partial charge in [0.05, 0.1) is 30.0 Å². The molecule has 0 unspecified atom stereocenters. The lowest BCUT2D eigenvalue weighted by atomic mass is 10.2. The van der Waals surface area contributed by atoms with E-state index in [4.69, 9.17) is 9.47 Å². The molecule has 25 heavy (non-hydrogen) atoms. The van der Waals surface area contributed by atoms with Crippen LogP contribution in [0.3, 0.4) is 0 Å². The molecule has 0 aliphatic rings. The molecule has 0 saturated heterocycles. The van der Waals surface area contributed by atoms with E-state index >= 15 is 0 Å². The van der Waals surface area contributed by atoms with E-state index < -0.39 is 0 Å². The van der Waals surface area contributed by atoms with Gasteiger partial charge in [0.2, 0.25) is 0 Å². The average molecular weight is 356 g/mol. The minimum absolute atomic E-state index is 0.346. The number of ether oxygens (including phenoxy) is 2. The lowest BCUT2D eigenvalue weighted by molar-refractivity contribution is 0.0994. The summed E-state index contributed by atoms with van der Waals surface area (Å²) in [5, 5.41) is 0. The van der Waals surface area contributed by atoms with Gasteiger partial charge in [0.15, 0.2) is 4.80 Å². The zero-order valence-electron chi connectivity index (χ0n) is 14.7. The Morgan fingerprint density at radius 1 is 1.16 bits per heavy atom. The van der Waals surface area contributed by atoms with Crippen LogP contribution in [0.25, 0.3) is 10.2 Å². The van der Waals surface area contributed by atoms with Gasteiger partial charge in [0.25, 0.3) is 5.91 Å². The van der Waals surface area contributed by atoms with Crippen molar-refractivity contribution in [3.05, 3.63) is 52.3 Å². The van der Waals surface area contributed by atoms with E-state index in [1.165, 1.54) is 24.0 Å². The van der Waals surface area contributed by atoms with Gasteiger partial charge in [-0.3, -0.25) is 4.79 Å². The van der Waals surface area contributed by atoms with Crippen LogP contribution in [0.1, 0.15) is 22.8 Å². The van der Waals surface area contributed by atoms with Crippen molar-refractivity contribution in [3.8, 4) is 11.5 Å². The first kappa shape index (κ1) is 17.2. The van der Waals surface area contributed by atoms with Gasteiger partial charge in [-0.25, -0.2) is 0 Å². The minimum atomic E-state index is -0.346. The predicted molar refractivity (Wildman–Crippen MR) is 99.7 cm³/mol. The van der Waals surface area contributed by atoms with Crippen molar-refractivity contribution < 1.29 is 14.3 Å². The molecule has 0 fully saturated rings. The number of carbonyl (C=O) groups is 1. The summed E-state index contributed by atoms with van der Waals surface area (Å²) in [7, 11) is 3.10. The van der Waals surface area contributed by atoms with Crippen LogP contribution in [0.5, 0.6) is 11.5 Å². The SMILES string of the molecule is CCn1c(=NC(=O)c2cc(OC)ccc2OC)sc2cc(C)ccc21. The molecule has 6 heteroatoms. The molecule has 1 amide bonds. The van der Waals surface area contributed by atoms with Crippen molar-refractivity contribution in [1.29, 1.82) is 0 Å². The lowest BCUT2D eigenvalue weighted by Gasteiger charge is -2.07. The molecule has 1 heterocycles. The number of hydrogen-bond acceptors (Lipinski definition) is 4. The second-order valence-electron chi connectivity index (χ2n) is 5.58. The van der Waals surface area contributed by atoms with Crippen LogP contribution in [0.2, 0.25) is 0 Å². The van der Waals surface area contributed by atoms with Gasteiger partial charge in [-0.2, -0.15) is 4.99 Å². The van der Waals surface area contributed by atoms with Crippen LogP contribution >= 0.6 is 11.3 Å². The maximum atomic E-state index is 12.8. The number of hydrogen-bond donors (Lipinski definition) is 0. The number of aromatic nitrogens is 1. The fraction of sp³-hybridized carbons (Fsp3) is 0.263. The van der Waals surface area contributed by atoms with Gasteiger partial charge < -0.3 is 14.0 Å². The fourth-order valence-electron chi connectivity index (χ4n) is 2.70. The van der Waals surface area contributed by atoms with Gasteiger partial charge in [0, 0.05) is 6.54 Å². The van der Waals surface area contributed by atoms with Gasteiger partial charge in [-0.1, -0.05) is 17.4 Å². The highest BCUT2D eigenvalue weighted by Gasteiger charge is 2.14. The summed E-state index contributed by atoms with van der Waals surface area (Å²) in [6.07, 6.45) is 0. The maximum absolute atomic E-state index is 12.8. The van der Waals surface area contributed by atoms with Crippen LogP contribution in [0.4, 0.5) is 0 Å². The van der Waals surface area contributed by atoms with E-state index in [2.05, 4.69) is 30.1 Å². The summed E-state index contributed by atoms with van der Waals surface area (Å²) in [4.78, 5) is 17.8. The van der Waals surface area contributed by atoms with Gasteiger partial charge >= 0.3 is 0 Å². The molecule has 130 valence electrons. The van der Waals surface area contributed by atoms with Crippen molar-refractivity contribution >= 4 is 27.5 Å². The van der Waals surface area contributed by atoms with Crippen molar-refractivity contribution in [2.45, 2.75) is 20.4 Å². The molecule has 0 spiro atoms. The quantitative estimate of drug-likeness (QED) is 0.715. The maximum Gasteiger partial charge on any atom is 0.283 e. The second kappa shape index (κ2) is 7.11. The average Bonchev–Trinajstić information content (AvgIpc) is 2.96. The van der Waals surface area contributed by atoms with Gasteiger partial charge in [0.1, 0.15) is 11.5 Å². The van der Waals surface area contributed by atoms with E-state index in [-0.39, 0.29) is 5.91 Å². The van der Waals surface area contributed by atoms with Gasteiger partial charge in [-0.05, 0) is 49.7 Å². The number of carbonyl (C=O) groups excluding carboxylic acids is 1. The van der Waals surface area contributed by atoms with Crippen molar-refractivity contribution in [2.75, 3.05) is 14.2 Å². The highest BCUT2D eigenvalue weighted by Crippen LogP contribution is 2.25. The number of thiazole rings is 1. The number of rotatable bonds is 4. The molecule has 3 rings (SSSR count). The summed E-state index contributed by atoms with van der Waals surface area (Å²) < 4.78 is 13.7. The molecule has 5 nitrogen and oxygen atoms in total. The van der Waals surface area contributed by atoms with Crippen LogP contribution in [0.15, 0.2) is 41.4 Å². The standard InChI is InChI=1S/C19H20N2O3S/c1-5-21-15-8-6-12(2)10-17(15)25-19(21)20-18(22)14-11-13(23-3)7-9-16(14)24-4/h6-11H,5H2,1-4H3. The molecule has 2 aromatic carbocycles. The van der Waals surface area contributed by atoms with Crippen molar-refractivity contribution in [2.24, 2.45) is 4.99 Å². The third-order valence-electron chi connectivity index (χ3n) is 3.99. The first-order chi connectivity index (χ1) is 12.1. The van der Waals surface area contributed by atoms with E-state index in [1.54, 1.807) is 25.3 Å². The summed E-state index contributed by atoms with van der Waals surface area (Å²) in [5.41, 5.74) is 2.66. The number of fused-ring (bicyclic) bond motifs is 1. The lowest BCUT2D eigenvalue weighted by Crippen LogP contribution is -2.16. The largest absolute Gasteiger partial charge is 0.497 e. The summed E-state index contributed by atoms with van der Waals surface area (Å²) in [5.74, 6) is 0.727. The first-order valence-corrected chi connectivity index (χ1v) is 8.80. The Morgan fingerprint density at radius 2 is 1.96 bits per heavy atom. The van der Waals surface area contributed by atoms with E-state index in [0.29, 0.717) is 21.9 Å². The van der Waals surface area contributed by atoms with E-state index in [1.807, 2.05) is 11.5 Å². The molecule has 0 radical (unpaired) electrons. The number of nitrogens with zero attached hydrogens (tertiary/aromatic N) is 2.